The first-order chi connectivity index (χ1) is 7.08. The van der Waals surface area contributed by atoms with Crippen LogP contribution in [-0.4, -0.2) is 31.3 Å². The van der Waals surface area contributed by atoms with Crippen molar-refractivity contribution < 1.29 is 19.1 Å². The van der Waals surface area contributed by atoms with Crippen LogP contribution >= 0.6 is 0 Å². The molecule has 0 aliphatic carbocycles. The van der Waals surface area contributed by atoms with Gasteiger partial charge in [-0.1, -0.05) is 6.92 Å². The first-order valence-corrected chi connectivity index (χ1v) is 4.94. The minimum Gasteiger partial charge on any atom is -0.466 e. The van der Waals surface area contributed by atoms with Gasteiger partial charge >= 0.3 is 12.1 Å². The zero-order chi connectivity index (χ0) is 12.1. The highest BCUT2D eigenvalue weighted by molar-refractivity contribution is 5.65. The van der Waals surface area contributed by atoms with Gasteiger partial charge in [0, 0.05) is 13.0 Å². The van der Waals surface area contributed by atoms with Crippen LogP contribution in [0.4, 0.5) is 0 Å². The first-order valence-electron chi connectivity index (χ1n) is 4.94. The Balaban J connectivity index is 0. The fraction of sp³-hybridized carbons (Fsp3) is 0.800. The highest BCUT2D eigenvalue weighted by Crippen LogP contribution is 1.88. The molecule has 5 heteroatoms. The van der Waals surface area contributed by atoms with E-state index < -0.39 is 0 Å². The number of hydrogen-bond donors (Lipinski definition) is 1. The maximum absolute atomic E-state index is 10.4. The molecule has 15 heavy (non-hydrogen) atoms. The molecule has 0 saturated heterocycles. The summed E-state index contributed by atoms with van der Waals surface area (Å²) in [6.45, 7) is 7.17. The van der Waals surface area contributed by atoms with E-state index in [1.807, 2.05) is 0 Å². The summed E-state index contributed by atoms with van der Waals surface area (Å²) < 4.78 is 4.78. The summed E-state index contributed by atoms with van der Waals surface area (Å²) >= 11 is 0. The average Bonchev–Trinajstić information content (AvgIpc) is 2.17. The molecule has 0 aliphatic heterocycles. The van der Waals surface area contributed by atoms with Crippen molar-refractivity contribution in [3.8, 4) is 0 Å². The molecule has 0 radical (unpaired) electrons. The van der Waals surface area contributed by atoms with Crippen molar-refractivity contribution in [3.63, 3.8) is 0 Å². The smallest absolute Gasteiger partial charge is 0.373 e. The third-order valence-electron chi connectivity index (χ3n) is 1.73. The maximum atomic E-state index is 10.4. The van der Waals surface area contributed by atoms with Gasteiger partial charge in [-0.2, -0.15) is 9.59 Å². The lowest BCUT2D eigenvalue weighted by Gasteiger charge is -2.10. The average molecular weight is 217 g/mol. The van der Waals surface area contributed by atoms with Crippen LogP contribution in [0.25, 0.3) is 0 Å². The highest BCUT2D eigenvalue weighted by atomic mass is 16.5. The van der Waals surface area contributed by atoms with Crippen molar-refractivity contribution in [2.24, 2.45) is 0 Å². The van der Waals surface area contributed by atoms with Crippen LogP contribution in [0.2, 0.25) is 0 Å². The Hall–Kier alpha value is -1.19. The van der Waals surface area contributed by atoms with Crippen molar-refractivity contribution in [3.05, 3.63) is 0 Å². The lowest BCUT2D eigenvalue weighted by atomic mass is 10.2. The Kier molecular flexibility index (Phi) is 13.9. The molecule has 0 spiro atoms. The highest BCUT2D eigenvalue weighted by Gasteiger charge is 1.96. The quantitative estimate of drug-likeness (QED) is 0.525. The van der Waals surface area contributed by atoms with Gasteiger partial charge in [-0.25, -0.2) is 0 Å². The van der Waals surface area contributed by atoms with Gasteiger partial charge in [-0.3, -0.25) is 4.79 Å². The van der Waals surface area contributed by atoms with E-state index >= 15 is 0 Å². The Morgan fingerprint density at radius 3 is 2.40 bits per heavy atom. The Bertz CT molecular complexity index is 188. The summed E-state index contributed by atoms with van der Waals surface area (Å²) in [5, 5.41) is 3.31. The second-order valence-corrected chi connectivity index (χ2v) is 3.04. The second kappa shape index (κ2) is 12.8. The third-order valence-corrected chi connectivity index (χ3v) is 1.73. The number of esters is 1. The summed E-state index contributed by atoms with van der Waals surface area (Å²) in [7, 11) is 0. The second-order valence-electron chi connectivity index (χ2n) is 3.04. The van der Waals surface area contributed by atoms with Crippen molar-refractivity contribution >= 4 is 12.1 Å². The number of hydrogen-bond acceptors (Lipinski definition) is 5. The molecule has 0 saturated carbocycles. The predicted octanol–water partition coefficient (Wildman–Crippen LogP) is 0.744. The number of ether oxygens (including phenoxy) is 1. The van der Waals surface area contributed by atoms with Crippen molar-refractivity contribution in [2.45, 2.75) is 39.7 Å². The minimum absolute atomic E-state index is 0.196. The van der Waals surface area contributed by atoms with Crippen LogP contribution in [0.15, 0.2) is 0 Å². The molecule has 0 aromatic heterocycles. The number of carbonyl (C=O) groups excluding carboxylic acids is 3. The minimum atomic E-state index is -0.196. The van der Waals surface area contributed by atoms with Crippen molar-refractivity contribution in [1.82, 2.24) is 5.32 Å². The zero-order valence-corrected chi connectivity index (χ0v) is 9.54. The van der Waals surface area contributed by atoms with Gasteiger partial charge in [-0.15, -0.1) is 0 Å². The molecule has 0 amide bonds. The number of nitrogens with one attached hydrogen (secondary N) is 1. The molecule has 0 heterocycles. The Morgan fingerprint density at radius 1 is 1.47 bits per heavy atom. The van der Waals surface area contributed by atoms with Crippen molar-refractivity contribution in [2.75, 3.05) is 13.2 Å². The molecular formula is C10H19NO4. The van der Waals surface area contributed by atoms with E-state index in [0.717, 1.165) is 19.4 Å². The van der Waals surface area contributed by atoms with E-state index in [4.69, 9.17) is 14.3 Å². The van der Waals surface area contributed by atoms with E-state index in [1.165, 1.54) is 6.92 Å². The van der Waals surface area contributed by atoms with Gasteiger partial charge < -0.3 is 10.1 Å². The standard InChI is InChI=1S/C9H19NO2.CO2/c1-4-8(2)10-6-5-7-12-9(3)11;2-1-3/h8,10H,4-7H2,1-3H3;. The Labute approximate surface area is 90.2 Å². The molecule has 0 aromatic rings. The van der Waals surface area contributed by atoms with Gasteiger partial charge in [0.1, 0.15) is 0 Å². The molecule has 0 bridgehead atoms. The molecule has 1 unspecified atom stereocenters. The Morgan fingerprint density at radius 2 is 2.00 bits per heavy atom. The van der Waals surface area contributed by atoms with E-state index in [2.05, 4.69) is 19.2 Å². The molecular weight excluding hydrogens is 198 g/mol. The number of rotatable bonds is 6. The SMILES string of the molecule is CCC(C)NCCCOC(C)=O.O=C=O. The zero-order valence-electron chi connectivity index (χ0n) is 9.54. The lowest BCUT2D eigenvalue weighted by Crippen LogP contribution is -2.26. The van der Waals surface area contributed by atoms with E-state index in [-0.39, 0.29) is 12.1 Å². The van der Waals surface area contributed by atoms with Crippen LogP contribution in [0.1, 0.15) is 33.6 Å². The summed E-state index contributed by atoms with van der Waals surface area (Å²) in [6, 6.07) is 0.558. The lowest BCUT2D eigenvalue weighted by molar-refractivity contribution is -0.191. The molecule has 0 aliphatic rings. The van der Waals surface area contributed by atoms with Gasteiger partial charge in [-0.05, 0) is 26.3 Å². The van der Waals surface area contributed by atoms with Crippen LogP contribution in [0.3, 0.4) is 0 Å². The summed E-state index contributed by atoms with van der Waals surface area (Å²) in [5.74, 6) is -0.196. The summed E-state index contributed by atoms with van der Waals surface area (Å²) in [5.41, 5.74) is 0. The number of carbonyl (C=O) groups is 1. The summed E-state index contributed by atoms with van der Waals surface area (Å²) in [6.07, 6.45) is 2.28. The van der Waals surface area contributed by atoms with Gasteiger partial charge in [0.2, 0.25) is 0 Å². The topological polar surface area (TPSA) is 72.5 Å². The fourth-order valence-electron chi connectivity index (χ4n) is 0.781. The van der Waals surface area contributed by atoms with E-state index in [9.17, 15) is 4.79 Å². The molecule has 1 N–H and O–H groups in total. The monoisotopic (exact) mass is 217 g/mol. The third kappa shape index (κ3) is 19.3. The first kappa shape index (κ1) is 16.2. The van der Waals surface area contributed by atoms with Gasteiger partial charge in [0.05, 0.1) is 6.61 Å². The van der Waals surface area contributed by atoms with E-state index in [1.54, 1.807) is 0 Å². The maximum Gasteiger partial charge on any atom is 0.373 e. The molecule has 0 rings (SSSR count). The van der Waals surface area contributed by atoms with Crippen LogP contribution in [0, 0.1) is 0 Å². The molecule has 88 valence electrons. The molecule has 0 aromatic carbocycles. The largest absolute Gasteiger partial charge is 0.466 e. The van der Waals surface area contributed by atoms with Gasteiger partial charge in [0.25, 0.3) is 0 Å². The van der Waals surface area contributed by atoms with Crippen LogP contribution < -0.4 is 5.32 Å². The van der Waals surface area contributed by atoms with Crippen LogP contribution in [-0.2, 0) is 19.1 Å². The van der Waals surface area contributed by atoms with E-state index in [0.29, 0.717) is 12.6 Å². The fourth-order valence-corrected chi connectivity index (χ4v) is 0.781. The van der Waals surface area contributed by atoms with Crippen LogP contribution in [0.5, 0.6) is 0 Å². The van der Waals surface area contributed by atoms with Gasteiger partial charge in [0.15, 0.2) is 0 Å². The van der Waals surface area contributed by atoms with Crippen molar-refractivity contribution in [1.29, 1.82) is 0 Å². The molecule has 1 atom stereocenters. The summed E-state index contributed by atoms with van der Waals surface area (Å²) in [4.78, 5) is 26.6. The predicted molar refractivity (Wildman–Crippen MR) is 54.0 cm³/mol. The normalized spacial score (nSPS) is 10.6. The molecule has 0 fully saturated rings. The molecule has 5 nitrogen and oxygen atoms in total.